The number of carbonyl (C=O) groups excluding carboxylic acids is 1. The number of nitrogens with one attached hydrogen (secondary N) is 2. The Bertz CT molecular complexity index is 1360. The lowest BCUT2D eigenvalue weighted by Gasteiger charge is -2.20. The summed E-state index contributed by atoms with van der Waals surface area (Å²) in [6, 6.07) is 13.7. The van der Waals surface area contributed by atoms with Crippen LogP contribution in [-0.2, 0) is 4.79 Å². The molecular formula is C24H26N4O2S. The third kappa shape index (κ3) is 4.23. The Balaban J connectivity index is 1.91. The van der Waals surface area contributed by atoms with Gasteiger partial charge in [-0.2, -0.15) is 0 Å². The molecule has 0 unspecified atom stereocenters. The fourth-order valence-corrected chi connectivity index (χ4v) is 4.39. The van der Waals surface area contributed by atoms with Crippen LogP contribution in [0.1, 0.15) is 31.9 Å². The van der Waals surface area contributed by atoms with Gasteiger partial charge in [-0.25, -0.2) is 4.98 Å². The monoisotopic (exact) mass is 434 g/mol. The molecule has 7 heteroatoms. The molecule has 0 fully saturated rings. The van der Waals surface area contributed by atoms with Crippen LogP contribution in [-0.4, -0.2) is 31.7 Å². The minimum absolute atomic E-state index is 0.0988. The van der Waals surface area contributed by atoms with Crippen LogP contribution in [0.25, 0.3) is 27.6 Å². The average molecular weight is 435 g/mol. The van der Waals surface area contributed by atoms with Gasteiger partial charge in [-0.1, -0.05) is 42.1 Å². The summed E-state index contributed by atoms with van der Waals surface area (Å²) in [6.07, 6.45) is 0. The molecule has 6 nitrogen and oxygen atoms in total. The molecule has 2 heterocycles. The van der Waals surface area contributed by atoms with Gasteiger partial charge in [0.1, 0.15) is 11.0 Å². The summed E-state index contributed by atoms with van der Waals surface area (Å²) < 4.78 is 1.62. The van der Waals surface area contributed by atoms with Crippen LogP contribution in [0.5, 0.6) is 0 Å². The van der Waals surface area contributed by atoms with Crippen molar-refractivity contribution in [2.75, 3.05) is 5.75 Å². The number of hydrogen-bond acceptors (Lipinski definition) is 4. The molecule has 0 atom stereocenters. The van der Waals surface area contributed by atoms with E-state index in [1.54, 1.807) is 4.57 Å². The highest BCUT2D eigenvalue weighted by Crippen LogP contribution is 2.27. The van der Waals surface area contributed by atoms with E-state index in [4.69, 9.17) is 4.98 Å². The van der Waals surface area contributed by atoms with Crippen molar-refractivity contribution in [3.63, 3.8) is 0 Å². The Hall–Kier alpha value is -3.06. The van der Waals surface area contributed by atoms with Crippen molar-refractivity contribution >= 4 is 39.6 Å². The van der Waals surface area contributed by atoms with Crippen LogP contribution in [0, 0.1) is 13.8 Å². The molecule has 0 aliphatic carbocycles. The van der Waals surface area contributed by atoms with Crippen molar-refractivity contribution in [2.24, 2.45) is 0 Å². The van der Waals surface area contributed by atoms with Crippen LogP contribution in [0.2, 0.25) is 0 Å². The summed E-state index contributed by atoms with van der Waals surface area (Å²) in [7, 11) is 0. The lowest BCUT2D eigenvalue weighted by Crippen LogP contribution is -2.41. The highest BCUT2D eigenvalue weighted by Gasteiger charge is 2.20. The number of carbonyl (C=O) groups is 1. The molecule has 0 aliphatic rings. The fraction of sp³-hybridized carbons (Fsp3) is 0.292. The number of H-pyrrole nitrogens is 1. The molecule has 0 radical (unpaired) electrons. The Morgan fingerprint density at radius 1 is 1.16 bits per heavy atom. The molecule has 2 aromatic heterocycles. The summed E-state index contributed by atoms with van der Waals surface area (Å²) in [5, 5.41) is 4.36. The van der Waals surface area contributed by atoms with E-state index in [2.05, 4.69) is 10.3 Å². The zero-order valence-electron chi connectivity index (χ0n) is 18.4. The van der Waals surface area contributed by atoms with Gasteiger partial charge in [-0.15, -0.1) is 0 Å². The minimum Gasteiger partial charge on any atom is -0.351 e. The van der Waals surface area contributed by atoms with E-state index in [9.17, 15) is 9.59 Å². The largest absolute Gasteiger partial charge is 0.351 e. The summed E-state index contributed by atoms with van der Waals surface area (Å²) in [6.45, 7) is 9.79. The van der Waals surface area contributed by atoms with Gasteiger partial charge in [0.05, 0.1) is 11.4 Å². The molecule has 0 aliphatic heterocycles. The number of amides is 1. The third-order valence-corrected chi connectivity index (χ3v) is 5.89. The van der Waals surface area contributed by atoms with E-state index in [1.807, 2.05) is 77.1 Å². The Morgan fingerprint density at radius 2 is 1.90 bits per heavy atom. The van der Waals surface area contributed by atoms with E-state index < -0.39 is 0 Å². The van der Waals surface area contributed by atoms with Gasteiger partial charge in [0.15, 0.2) is 5.16 Å². The maximum Gasteiger partial charge on any atom is 0.283 e. The van der Waals surface area contributed by atoms with E-state index in [-0.39, 0.29) is 22.8 Å². The summed E-state index contributed by atoms with van der Waals surface area (Å²) in [5.41, 5.74) is 4.24. The zero-order valence-corrected chi connectivity index (χ0v) is 19.2. The van der Waals surface area contributed by atoms with Gasteiger partial charge >= 0.3 is 0 Å². The van der Waals surface area contributed by atoms with Gasteiger partial charge in [-0.3, -0.25) is 14.2 Å². The summed E-state index contributed by atoms with van der Waals surface area (Å²) in [5.74, 6) is 0.0703. The standard InChI is InChI=1S/C24H26N4O2S/c1-14-10-11-15(2)18(12-14)28-22(30)21-20(16-8-6-7-9-17(16)25-21)26-23(28)31-13-19(29)27-24(3,4)5/h6-12,25H,13H2,1-5H3,(H,27,29). The van der Waals surface area contributed by atoms with Crippen molar-refractivity contribution in [1.82, 2.24) is 19.9 Å². The number of para-hydroxylation sites is 1. The molecule has 1 amide bonds. The second kappa shape index (κ2) is 7.89. The number of benzene rings is 2. The number of aryl methyl sites for hydroxylation is 2. The average Bonchev–Trinajstić information content (AvgIpc) is 3.06. The van der Waals surface area contributed by atoms with Crippen molar-refractivity contribution in [3.8, 4) is 5.69 Å². The van der Waals surface area contributed by atoms with Crippen LogP contribution in [0.15, 0.2) is 52.4 Å². The van der Waals surface area contributed by atoms with E-state index >= 15 is 0 Å². The Morgan fingerprint density at radius 3 is 2.65 bits per heavy atom. The van der Waals surface area contributed by atoms with E-state index in [0.29, 0.717) is 16.2 Å². The van der Waals surface area contributed by atoms with Gasteiger partial charge in [-0.05, 0) is 57.9 Å². The first kappa shape index (κ1) is 21.2. The van der Waals surface area contributed by atoms with Gasteiger partial charge in [0, 0.05) is 16.4 Å². The number of fused-ring (bicyclic) bond motifs is 3. The smallest absolute Gasteiger partial charge is 0.283 e. The summed E-state index contributed by atoms with van der Waals surface area (Å²) >= 11 is 1.27. The molecule has 4 aromatic rings. The molecule has 2 aromatic carbocycles. The third-order valence-electron chi connectivity index (χ3n) is 4.95. The van der Waals surface area contributed by atoms with Crippen molar-refractivity contribution < 1.29 is 4.79 Å². The molecule has 0 spiro atoms. The number of aromatic amines is 1. The number of hydrogen-bond donors (Lipinski definition) is 2. The predicted octanol–water partition coefficient (Wildman–Crippen LogP) is 4.49. The predicted molar refractivity (Wildman–Crippen MR) is 127 cm³/mol. The molecule has 160 valence electrons. The first-order valence-corrected chi connectivity index (χ1v) is 11.2. The zero-order chi connectivity index (χ0) is 22.3. The molecule has 0 saturated carbocycles. The van der Waals surface area contributed by atoms with Gasteiger partial charge in [0.2, 0.25) is 5.91 Å². The van der Waals surface area contributed by atoms with Gasteiger partial charge in [0.25, 0.3) is 5.56 Å². The van der Waals surface area contributed by atoms with E-state index in [1.165, 1.54) is 11.8 Å². The minimum atomic E-state index is -0.321. The molecule has 0 saturated heterocycles. The van der Waals surface area contributed by atoms with Crippen molar-refractivity contribution in [3.05, 3.63) is 63.9 Å². The lowest BCUT2D eigenvalue weighted by molar-refractivity contribution is -0.119. The van der Waals surface area contributed by atoms with Crippen molar-refractivity contribution in [1.29, 1.82) is 0 Å². The van der Waals surface area contributed by atoms with Crippen LogP contribution < -0.4 is 10.9 Å². The lowest BCUT2D eigenvalue weighted by atomic mass is 10.1. The number of thioether (sulfide) groups is 1. The van der Waals surface area contributed by atoms with Crippen molar-refractivity contribution in [2.45, 2.75) is 45.3 Å². The second-order valence-electron chi connectivity index (χ2n) is 8.81. The second-order valence-corrected chi connectivity index (χ2v) is 9.75. The number of rotatable bonds is 4. The molecule has 31 heavy (non-hydrogen) atoms. The SMILES string of the molecule is Cc1ccc(C)c(-n2c(SCC(=O)NC(C)(C)C)nc3c([nH]c4ccccc43)c2=O)c1. The maximum atomic E-state index is 13.6. The molecular weight excluding hydrogens is 408 g/mol. The fourth-order valence-electron chi connectivity index (χ4n) is 3.60. The first-order chi connectivity index (χ1) is 14.6. The maximum absolute atomic E-state index is 13.6. The molecule has 0 bridgehead atoms. The Kier molecular flexibility index (Phi) is 5.39. The van der Waals surface area contributed by atoms with Crippen LogP contribution in [0.3, 0.4) is 0 Å². The normalized spacial score (nSPS) is 11.9. The van der Waals surface area contributed by atoms with Gasteiger partial charge < -0.3 is 10.3 Å². The number of aromatic nitrogens is 3. The highest BCUT2D eigenvalue weighted by atomic mass is 32.2. The van der Waals surface area contributed by atoms with Crippen LogP contribution >= 0.6 is 11.8 Å². The topological polar surface area (TPSA) is 79.8 Å². The van der Waals surface area contributed by atoms with E-state index in [0.717, 1.165) is 27.7 Å². The van der Waals surface area contributed by atoms with Crippen LogP contribution in [0.4, 0.5) is 0 Å². The summed E-state index contributed by atoms with van der Waals surface area (Å²) in [4.78, 5) is 34.2. The quantitative estimate of drug-likeness (QED) is 0.366. The molecule has 4 rings (SSSR count). The number of nitrogens with zero attached hydrogens (tertiary/aromatic N) is 2. The first-order valence-electron chi connectivity index (χ1n) is 10.2. The highest BCUT2D eigenvalue weighted by molar-refractivity contribution is 7.99. The molecule has 2 N–H and O–H groups in total. The Labute approximate surface area is 185 Å².